The molecule has 0 saturated heterocycles. The number of benzene rings is 2. The summed E-state index contributed by atoms with van der Waals surface area (Å²) in [6.07, 6.45) is -0.126. The van der Waals surface area contributed by atoms with E-state index >= 15 is 0 Å². The molecule has 1 heterocycles. The van der Waals surface area contributed by atoms with Crippen LogP contribution in [0.5, 0.6) is 17.2 Å². The third-order valence-corrected chi connectivity index (χ3v) is 3.86. The molecule has 0 bridgehead atoms. The first-order valence-corrected chi connectivity index (χ1v) is 7.48. The highest BCUT2D eigenvalue weighted by atomic mass is 16.5. The van der Waals surface area contributed by atoms with E-state index in [9.17, 15) is 4.79 Å². The summed E-state index contributed by atoms with van der Waals surface area (Å²) < 4.78 is 21.5. The number of nitrogens with zero attached hydrogens (tertiary/aromatic N) is 1. The molecule has 3 aromatic rings. The van der Waals surface area contributed by atoms with Crippen LogP contribution < -0.4 is 14.2 Å². The van der Waals surface area contributed by atoms with Gasteiger partial charge in [-0.1, -0.05) is 17.3 Å². The van der Waals surface area contributed by atoms with Gasteiger partial charge in [0.05, 0.1) is 33.1 Å². The van der Waals surface area contributed by atoms with Crippen molar-refractivity contribution in [3.05, 3.63) is 35.9 Å². The number of aliphatic carboxylic acids is 1. The number of methoxy groups -OCH3 is 3. The molecule has 0 aliphatic rings. The molecule has 0 saturated carbocycles. The first-order valence-electron chi connectivity index (χ1n) is 7.48. The Morgan fingerprint density at radius 2 is 1.80 bits per heavy atom. The third-order valence-electron chi connectivity index (χ3n) is 3.86. The molecule has 7 heteroatoms. The zero-order valence-corrected chi connectivity index (χ0v) is 14.0. The van der Waals surface area contributed by atoms with Gasteiger partial charge in [-0.3, -0.25) is 4.79 Å². The van der Waals surface area contributed by atoms with Crippen molar-refractivity contribution in [2.75, 3.05) is 21.3 Å². The monoisotopic (exact) mass is 343 g/mol. The maximum absolute atomic E-state index is 11.0. The molecule has 0 aliphatic heterocycles. The summed E-state index contributed by atoms with van der Waals surface area (Å²) in [6, 6.07) is 8.84. The van der Waals surface area contributed by atoms with Crippen molar-refractivity contribution in [3.63, 3.8) is 0 Å². The molecule has 0 amide bonds. The number of carboxylic acids is 1. The Balaban J connectivity index is 2.18. The van der Waals surface area contributed by atoms with Crippen LogP contribution in [0.4, 0.5) is 0 Å². The van der Waals surface area contributed by atoms with Gasteiger partial charge in [0.25, 0.3) is 0 Å². The quantitative estimate of drug-likeness (QED) is 0.735. The van der Waals surface area contributed by atoms with Crippen LogP contribution in [0, 0.1) is 0 Å². The number of rotatable bonds is 6. The minimum Gasteiger partial charge on any atom is -0.493 e. The average Bonchev–Trinajstić information content (AvgIpc) is 3.05. The molecule has 0 unspecified atom stereocenters. The zero-order valence-electron chi connectivity index (χ0n) is 14.0. The van der Waals surface area contributed by atoms with Crippen molar-refractivity contribution in [1.29, 1.82) is 0 Å². The third kappa shape index (κ3) is 2.96. The Hall–Kier alpha value is -3.22. The van der Waals surface area contributed by atoms with Crippen molar-refractivity contribution in [1.82, 2.24) is 5.16 Å². The normalized spacial score (nSPS) is 10.7. The van der Waals surface area contributed by atoms with E-state index in [0.29, 0.717) is 45.0 Å². The fraction of sp³-hybridized carbons (Fsp3) is 0.222. The van der Waals surface area contributed by atoms with Crippen LogP contribution in [0.1, 0.15) is 5.56 Å². The molecule has 0 spiro atoms. The second kappa shape index (κ2) is 6.72. The molecular formula is C18H17NO6. The van der Waals surface area contributed by atoms with Crippen molar-refractivity contribution < 1.29 is 28.6 Å². The Morgan fingerprint density at radius 3 is 2.36 bits per heavy atom. The van der Waals surface area contributed by atoms with Gasteiger partial charge >= 0.3 is 5.97 Å². The van der Waals surface area contributed by atoms with Gasteiger partial charge in [0.2, 0.25) is 5.75 Å². The second-order valence-corrected chi connectivity index (χ2v) is 5.31. The first-order chi connectivity index (χ1) is 12.1. The number of hydrogen-bond donors (Lipinski definition) is 1. The number of carboxylic acid groups (broad SMARTS) is 1. The number of carbonyl (C=O) groups is 1. The molecule has 7 nitrogen and oxygen atoms in total. The number of aromatic nitrogens is 1. The van der Waals surface area contributed by atoms with Gasteiger partial charge in [-0.05, 0) is 23.8 Å². The zero-order chi connectivity index (χ0) is 18.0. The Morgan fingerprint density at radius 1 is 1.12 bits per heavy atom. The fourth-order valence-electron chi connectivity index (χ4n) is 2.75. The summed E-state index contributed by atoms with van der Waals surface area (Å²) in [7, 11) is 4.59. The molecule has 0 aliphatic carbocycles. The summed E-state index contributed by atoms with van der Waals surface area (Å²) in [5.74, 6) is 1.03. The number of hydrogen-bond acceptors (Lipinski definition) is 6. The predicted octanol–water partition coefficient (Wildman–Crippen LogP) is 3.15. The smallest absolute Gasteiger partial charge is 0.307 e. The van der Waals surface area contributed by atoms with Gasteiger partial charge in [-0.2, -0.15) is 0 Å². The predicted molar refractivity (Wildman–Crippen MR) is 90.4 cm³/mol. The van der Waals surface area contributed by atoms with E-state index in [-0.39, 0.29) is 6.42 Å². The highest BCUT2D eigenvalue weighted by Gasteiger charge is 2.19. The summed E-state index contributed by atoms with van der Waals surface area (Å²) in [5.41, 5.74) is 1.80. The SMILES string of the molecule is COc1cc(-c2onc3c(CC(=O)O)cccc23)cc(OC)c1OC. The summed E-state index contributed by atoms with van der Waals surface area (Å²) in [5, 5.41) is 13.8. The number of ether oxygens (including phenoxy) is 3. The minimum absolute atomic E-state index is 0.126. The van der Waals surface area contributed by atoms with Gasteiger partial charge in [-0.25, -0.2) is 0 Å². The van der Waals surface area contributed by atoms with Gasteiger partial charge < -0.3 is 23.8 Å². The maximum Gasteiger partial charge on any atom is 0.307 e. The largest absolute Gasteiger partial charge is 0.493 e. The summed E-state index contributed by atoms with van der Waals surface area (Å²) in [4.78, 5) is 11.0. The molecular weight excluding hydrogens is 326 g/mol. The van der Waals surface area contributed by atoms with Crippen molar-refractivity contribution in [2.45, 2.75) is 6.42 Å². The van der Waals surface area contributed by atoms with Crippen LogP contribution in [0.15, 0.2) is 34.9 Å². The van der Waals surface area contributed by atoms with Crippen LogP contribution in [0.2, 0.25) is 0 Å². The van der Waals surface area contributed by atoms with Gasteiger partial charge in [-0.15, -0.1) is 0 Å². The average molecular weight is 343 g/mol. The van der Waals surface area contributed by atoms with E-state index in [1.54, 1.807) is 24.3 Å². The first kappa shape index (κ1) is 16.6. The van der Waals surface area contributed by atoms with E-state index in [1.807, 2.05) is 6.07 Å². The van der Waals surface area contributed by atoms with Gasteiger partial charge in [0.1, 0.15) is 5.52 Å². The summed E-state index contributed by atoms with van der Waals surface area (Å²) >= 11 is 0. The lowest BCUT2D eigenvalue weighted by Crippen LogP contribution is -2.00. The van der Waals surface area contributed by atoms with Crippen LogP contribution in [-0.2, 0) is 11.2 Å². The Bertz CT molecular complexity index is 905. The van der Waals surface area contributed by atoms with E-state index < -0.39 is 5.97 Å². The van der Waals surface area contributed by atoms with Gasteiger partial charge in [0, 0.05) is 5.56 Å². The minimum atomic E-state index is -0.926. The molecule has 25 heavy (non-hydrogen) atoms. The Kier molecular flexibility index (Phi) is 4.47. The van der Waals surface area contributed by atoms with Crippen molar-refractivity contribution in [3.8, 4) is 28.6 Å². The van der Waals surface area contributed by atoms with E-state index in [2.05, 4.69) is 5.16 Å². The molecule has 3 rings (SSSR count). The molecule has 0 atom stereocenters. The van der Waals surface area contributed by atoms with Crippen LogP contribution in [-0.4, -0.2) is 37.6 Å². The topological polar surface area (TPSA) is 91.0 Å². The van der Waals surface area contributed by atoms with Crippen molar-refractivity contribution in [2.24, 2.45) is 0 Å². The standard InChI is InChI=1S/C18H17NO6/c1-22-13-7-11(8-14(23-2)18(13)24-3)17-12-6-4-5-10(9-15(20)21)16(12)19-25-17/h4-8H,9H2,1-3H3,(H,20,21). The molecule has 2 aromatic carbocycles. The summed E-state index contributed by atoms with van der Waals surface area (Å²) in [6.45, 7) is 0. The molecule has 1 N–H and O–H groups in total. The highest BCUT2D eigenvalue weighted by Crippen LogP contribution is 2.42. The van der Waals surface area contributed by atoms with Crippen LogP contribution >= 0.6 is 0 Å². The lowest BCUT2D eigenvalue weighted by atomic mass is 10.0. The van der Waals surface area contributed by atoms with Crippen LogP contribution in [0.3, 0.4) is 0 Å². The lowest BCUT2D eigenvalue weighted by molar-refractivity contribution is -0.136. The molecule has 0 fully saturated rings. The van der Waals surface area contributed by atoms with Gasteiger partial charge in [0.15, 0.2) is 17.3 Å². The van der Waals surface area contributed by atoms with Crippen LogP contribution in [0.25, 0.3) is 22.2 Å². The maximum atomic E-state index is 11.0. The Labute approximate surface area is 143 Å². The van der Waals surface area contributed by atoms with E-state index in [4.69, 9.17) is 23.8 Å². The molecule has 1 aromatic heterocycles. The molecule has 0 radical (unpaired) electrons. The van der Waals surface area contributed by atoms with E-state index in [0.717, 1.165) is 0 Å². The van der Waals surface area contributed by atoms with E-state index in [1.165, 1.54) is 21.3 Å². The highest BCUT2D eigenvalue weighted by molar-refractivity contribution is 5.95. The lowest BCUT2D eigenvalue weighted by Gasteiger charge is -2.13. The fourth-order valence-corrected chi connectivity index (χ4v) is 2.75. The molecule has 130 valence electrons. The van der Waals surface area contributed by atoms with Crippen molar-refractivity contribution >= 4 is 16.9 Å². The second-order valence-electron chi connectivity index (χ2n) is 5.31. The number of fused-ring (bicyclic) bond motifs is 1.